The van der Waals surface area contributed by atoms with Crippen molar-refractivity contribution < 1.29 is 18.4 Å². The fraction of sp³-hybridized carbons (Fsp3) is 0.375. The Kier molecular flexibility index (Phi) is 6.41. The van der Waals surface area contributed by atoms with Gasteiger partial charge in [-0.1, -0.05) is 18.2 Å². The van der Waals surface area contributed by atoms with Crippen LogP contribution in [0.15, 0.2) is 62.7 Å². The molecule has 0 bridgehead atoms. The molecule has 2 aromatic heterocycles. The average Bonchev–Trinajstić information content (AvgIpc) is 3.52. The van der Waals surface area contributed by atoms with Gasteiger partial charge in [-0.05, 0) is 45.2 Å². The van der Waals surface area contributed by atoms with Gasteiger partial charge in [0.15, 0.2) is 5.76 Å². The van der Waals surface area contributed by atoms with Gasteiger partial charge < -0.3 is 13.7 Å². The molecule has 0 saturated heterocycles. The zero-order valence-electron chi connectivity index (χ0n) is 18.7. The third-order valence-electron chi connectivity index (χ3n) is 5.67. The number of furan rings is 2. The summed E-state index contributed by atoms with van der Waals surface area (Å²) in [6.07, 6.45) is 2.08. The Hall–Kier alpha value is -3.39. The Bertz CT molecular complexity index is 1080. The predicted molar refractivity (Wildman–Crippen MR) is 121 cm³/mol. The number of amides is 2. The number of benzene rings is 1. The predicted octanol–water partition coefficient (Wildman–Crippen LogP) is 3.50. The van der Waals surface area contributed by atoms with Crippen LogP contribution in [0, 0.1) is 0 Å². The molecule has 8 heteroatoms. The Labute approximate surface area is 187 Å². The van der Waals surface area contributed by atoms with Crippen LogP contribution in [0.25, 0.3) is 11.0 Å². The molecule has 32 heavy (non-hydrogen) atoms. The number of nitrogens with zero attached hydrogens (tertiary/aromatic N) is 4. The Morgan fingerprint density at radius 2 is 1.91 bits per heavy atom. The maximum Gasteiger partial charge on any atom is 0.257 e. The monoisotopic (exact) mass is 436 g/mol. The van der Waals surface area contributed by atoms with Gasteiger partial charge in [0, 0.05) is 24.9 Å². The lowest BCUT2D eigenvalue weighted by atomic mass is 10.1. The van der Waals surface area contributed by atoms with Crippen molar-refractivity contribution in [1.29, 1.82) is 0 Å². The fourth-order valence-corrected chi connectivity index (χ4v) is 3.98. The standard InChI is InChI=1S/C24H28N4O4/c1-4-27(5-2)23(29)15-26(3)16-24(30)28-19(21-11-8-12-31-21)14-18(25-28)22-13-17-9-6-7-10-20(17)32-22/h6-13,19H,4-5,14-16H2,1-3H3. The molecule has 0 spiro atoms. The second kappa shape index (κ2) is 9.40. The highest BCUT2D eigenvalue weighted by Crippen LogP contribution is 2.34. The summed E-state index contributed by atoms with van der Waals surface area (Å²) in [6.45, 7) is 5.43. The van der Waals surface area contributed by atoms with E-state index in [2.05, 4.69) is 5.10 Å². The van der Waals surface area contributed by atoms with Crippen LogP contribution in [0.5, 0.6) is 0 Å². The van der Waals surface area contributed by atoms with Gasteiger partial charge in [-0.2, -0.15) is 5.10 Å². The number of carbonyl (C=O) groups is 2. The van der Waals surface area contributed by atoms with E-state index in [1.54, 1.807) is 29.2 Å². The number of fused-ring (bicyclic) bond motifs is 1. The summed E-state index contributed by atoms with van der Waals surface area (Å²) < 4.78 is 11.6. The third-order valence-corrected chi connectivity index (χ3v) is 5.67. The first-order valence-electron chi connectivity index (χ1n) is 10.9. The molecular formula is C24H28N4O4. The van der Waals surface area contributed by atoms with E-state index in [1.807, 2.05) is 50.2 Å². The number of likely N-dealkylation sites (N-methyl/N-ethyl adjacent to an activating group) is 2. The maximum absolute atomic E-state index is 13.2. The van der Waals surface area contributed by atoms with E-state index in [1.165, 1.54) is 5.01 Å². The molecule has 4 rings (SSSR count). The van der Waals surface area contributed by atoms with Crippen molar-refractivity contribution in [3.63, 3.8) is 0 Å². The molecule has 0 N–H and O–H groups in total. The highest BCUT2D eigenvalue weighted by Gasteiger charge is 2.36. The van der Waals surface area contributed by atoms with Crippen molar-refractivity contribution in [2.45, 2.75) is 26.3 Å². The van der Waals surface area contributed by atoms with Crippen LogP contribution in [-0.4, -0.2) is 65.6 Å². The molecule has 1 aromatic carbocycles. The minimum Gasteiger partial charge on any atom is -0.467 e. The molecule has 1 aliphatic rings. The normalized spacial score (nSPS) is 16.1. The smallest absolute Gasteiger partial charge is 0.257 e. The molecule has 1 aliphatic heterocycles. The van der Waals surface area contributed by atoms with Gasteiger partial charge in [-0.15, -0.1) is 0 Å². The van der Waals surface area contributed by atoms with Gasteiger partial charge in [0.2, 0.25) is 5.91 Å². The quantitative estimate of drug-likeness (QED) is 0.540. The van der Waals surface area contributed by atoms with Crippen LogP contribution in [0.3, 0.4) is 0 Å². The van der Waals surface area contributed by atoms with Crippen LogP contribution in [0.2, 0.25) is 0 Å². The summed E-state index contributed by atoms with van der Waals surface area (Å²) >= 11 is 0. The topological polar surface area (TPSA) is 82.5 Å². The number of para-hydroxylation sites is 1. The van der Waals surface area contributed by atoms with Crippen LogP contribution < -0.4 is 0 Å². The van der Waals surface area contributed by atoms with Crippen molar-refractivity contribution in [3.05, 3.63) is 60.2 Å². The molecule has 8 nitrogen and oxygen atoms in total. The van der Waals surface area contributed by atoms with E-state index in [0.29, 0.717) is 36.7 Å². The van der Waals surface area contributed by atoms with E-state index in [4.69, 9.17) is 8.83 Å². The number of hydrogen-bond acceptors (Lipinski definition) is 6. The maximum atomic E-state index is 13.2. The lowest BCUT2D eigenvalue weighted by Crippen LogP contribution is -2.42. The van der Waals surface area contributed by atoms with Gasteiger partial charge >= 0.3 is 0 Å². The first-order valence-corrected chi connectivity index (χ1v) is 10.9. The summed E-state index contributed by atoms with van der Waals surface area (Å²) in [5.74, 6) is 1.10. The average molecular weight is 437 g/mol. The lowest BCUT2D eigenvalue weighted by Gasteiger charge is -2.25. The van der Waals surface area contributed by atoms with E-state index in [-0.39, 0.29) is 30.9 Å². The van der Waals surface area contributed by atoms with Crippen LogP contribution in [0.4, 0.5) is 0 Å². The highest BCUT2D eigenvalue weighted by atomic mass is 16.3. The number of hydrazone groups is 1. The molecule has 3 aromatic rings. The second-order valence-corrected chi connectivity index (χ2v) is 7.91. The van der Waals surface area contributed by atoms with Crippen molar-refractivity contribution in [2.75, 3.05) is 33.2 Å². The zero-order chi connectivity index (χ0) is 22.7. The SMILES string of the molecule is CCN(CC)C(=O)CN(C)CC(=O)N1N=C(c2cc3ccccc3o2)CC1c1ccco1. The first kappa shape index (κ1) is 21.8. The molecule has 168 valence electrons. The third kappa shape index (κ3) is 4.45. The summed E-state index contributed by atoms with van der Waals surface area (Å²) in [4.78, 5) is 29.0. The van der Waals surface area contributed by atoms with Gasteiger partial charge in [-0.25, -0.2) is 5.01 Å². The second-order valence-electron chi connectivity index (χ2n) is 7.91. The van der Waals surface area contributed by atoms with E-state index in [9.17, 15) is 9.59 Å². The van der Waals surface area contributed by atoms with Gasteiger partial charge in [0.1, 0.15) is 23.1 Å². The minimum atomic E-state index is -0.354. The molecule has 1 unspecified atom stereocenters. The van der Waals surface area contributed by atoms with Crippen molar-refractivity contribution in [3.8, 4) is 0 Å². The molecular weight excluding hydrogens is 408 g/mol. The Morgan fingerprint density at radius 1 is 1.12 bits per heavy atom. The molecule has 1 atom stereocenters. The van der Waals surface area contributed by atoms with Gasteiger partial charge in [0.25, 0.3) is 5.91 Å². The van der Waals surface area contributed by atoms with Crippen molar-refractivity contribution >= 4 is 28.5 Å². The summed E-state index contributed by atoms with van der Waals surface area (Å²) in [5.41, 5.74) is 1.47. The Morgan fingerprint density at radius 3 is 2.59 bits per heavy atom. The summed E-state index contributed by atoms with van der Waals surface area (Å²) in [6, 6.07) is 13.0. The molecule has 0 radical (unpaired) electrons. The molecule has 2 amide bonds. The number of carbonyl (C=O) groups excluding carboxylic acids is 2. The Balaban J connectivity index is 1.53. The summed E-state index contributed by atoms with van der Waals surface area (Å²) in [5, 5.41) is 7.06. The molecule has 0 fully saturated rings. The number of hydrogen-bond donors (Lipinski definition) is 0. The molecule has 0 aliphatic carbocycles. The largest absolute Gasteiger partial charge is 0.467 e. The highest BCUT2D eigenvalue weighted by molar-refractivity contribution is 6.03. The summed E-state index contributed by atoms with van der Waals surface area (Å²) in [7, 11) is 1.77. The van der Waals surface area contributed by atoms with Crippen LogP contribution >= 0.6 is 0 Å². The fourth-order valence-electron chi connectivity index (χ4n) is 3.98. The van der Waals surface area contributed by atoms with E-state index < -0.39 is 0 Å². The van der Waals surface area contributed by atoms with Gasteiger partial charge in [-0.3, -0.25) is 14.5 Å². The first-order chi connectivity index (χ1) is 15.5. The van der Waals surface area contributed by atoms with Crippen molar-refractivity contribution in [1.82, 2.24) is 14.8 Å². The van der Waals surface area contributed by atoms with E-state index in [0.717, 1.165) is 11.0 Å². The molecule has 0 saturated carbocycles. The minimum absolute atomic E-state index is 0.000715. The van der Waals surface area contributed by atoms with E-state index >= 15 is 0 Å². The number of rotatable bonds is 8. The zero-order valence-corrected chi connectivity index (χ0v) is 18.7. The van der Waals surface area contributed by atoms with Crippen molar-refractivity contribution in [2.24, 2.45) is 5.10 Å². The van der Waals surface area contributed by atoms with Crippen LogP contribution in [0.1, 0.15) is 37.8 Å². The lowest BCUT2D eigenvalue weighted by molar-refractivity contribution is -0.136. The van der Waals surface area contributed by atoms with Crippen LogP contribution in [-0.2, 0) is 9.59 Å². The van der Waals surface area contributed by atoms with Gasteiger partial charge in [0.05, 0.1) is 19.4 Å². The molecule has 3 heterocycles.